The van der Waals surface area contributed by atoms with Crippen molar-refractivity contribution in [2.75, 3.05) is 19.0 Å². The zero-order valence-corrected chi connectivity index (χ0v) is 16.5. The van der Waals surface area contributed by atoms with Crippen LogP contribution in [0.1, 0.15) is 26.3 Å². The fourth-order valence-electron chi connectivity index (χ4n) is 2.59. The van der Waals surface area contributed by atoms with Gasteiger partial charge in [0, 0.05) is 25.3 Å². The molecule has 1 amide bonds. The fourth-order valence-corrected chi connectivity index (χ4v) is 2.59. The Morgan fingerprint density at radius 2 is 1.73 bits per heavy atom. The molecule has 0 aliphatic rings. The van der Waals surface area contributed by atoms with E-state index in [1.807, 2.05) is 31.1 Å². The molecule has 0 spiro atoms. The van der Waals surface area contributed by atoms with E-state index in [0.717, 1.165) is 5.69 Å². The summed E-state index contributed by atoms with van der Waals surface area (Å²) in [6.07, 6.45) is 1.42. The van der Waals surface area contributed by atoms with Crippen LogP contribution in [0.5, 0.6) is 5.75 Å². The maximum Gasteiger partial charge on any atom is 0.346 e. The van der Waals surface area contributed by atoms with E-state index in [1.54, 1.807) is 42.5 Å². The first-order chi connectivity index (χ1) is 14.4. The Labute approximate surface area is 173 Å². The lowest BCUT2D eigenvalue weighted by molar-refractivity contribution is 0.0729. The second-order valence-corrected chi connectivity index (χ2v) is 6.58. The Morgan fingerprint density at radius 1 is 1.00 bits per heavy atom. The number of rotatable bonds is 6. The zero-order chi connectivity index (χ0) is 21.5. The van der Waals surface area contributed by atoms with E-state index >= 15 is 0 Å². The van der Waals surface area contributed by atoms with Gasteiger partial charge in [-0.15, -0.1) is 0 Å². The molecule has 0 unspecified atom stereocenters. The maximum atomic E-state index is 13.7. The van der Waals surface area contributed by atoms with Crippen molar-refractivity contribution in [3.8, 4) is 5.75 Å². The van der Waals surface area contributed by atoms with Crippen molar-refractivity contribution in [3.63, 3.8) is 0 Å². The molecule has 0 fully saturated rings. The molecule has 7 heteroatoms. The number of hydrogen-bond acceptors (Lipinski definition) is 5. The Bertz CT molecular complexity index is 1080. The lowest BCUT2D eigenvalue weighted by Crippen LogP contribution is -2.18. The smallest absolute Gasteiger partial charge is 0.346 e. The van der Waals surface area contributed by atoms with Gasteiger partial charge in [0.25, 0.3) is 5.91 Å². The first-order valence-electron chi connectivity index (χ1n) is 9.11. The van der Waals surface area contributed by atoms with E-state index in [1.165, 1.54) is 24.4 Å². The fraction of sp³-hybridized carbons (Fsp3) is 0.0870. The SMILES string of the molecule is CN(C)c1ccc(C(=O)N/N=C\c2cccc(OC(=O)c3ccccc3F)c2)cc1. The van der Waals surface area contributed by atoms with Gasteiger partial charge in [0.05, 0.1) is 11.8 Å². The van der Waals surface area contributed by atoms with E-state index in [9.17, 15) is 14.0 Å². The van der Waals surface area contributed by atoms with Crippen molar-refractivity contribution in [2.24, 2.45) is 5.10 Å². The third-order valence-electron chi connectivity index (χ3n) is 4.19. The van der Waals surface area contributed by atoms with Gasteiger partial charge < -0.3 is 9.64 Å². The van der Waals surface area contributed by atoms with Gasteiger partial charge in [0.2, 0.25) is 0 Å². The molecule has 1 N–H and O–H groups in total. The van der Waals surface area contributed by atoms with Crippen molar-refractivity contribution >= 4 is 23.8 Å². The summed E-state index contributed by atoms with van der Waals surface area (Å²) in [6.45, 7) is 0. The Balaban J connectivity index is 1.62. The quantitative estimate of drug-likeness (QED) is 0.292. The molecule has 152 valence electrons. The predicted octanol–water partition coefficient (Wildman–Crippen LogP) is 3.87. The second-order valence-electron chi connectivity index (χ2n) is 6.58. The number of nitrogens with one attached hydrogen (secondary N) is 1. The summed E-state index contributed by atoms with van der Waals surface area (Å²) in [5, 5.41) is 3.93. The third kappa shape index (κ3) is 5.29. The van der Waals surface area contributed by atoms with Gasteiger partial charge in [-0.05, 0) is 54.1 Å². The van der Waals surface area contributed by atoms with E-state index in [-0.39, 0.29) is 17.2 Å². The molecule has 0 bridgehead atoms. The van der Waals surface area contributed by atoms with Crippen LogP contribution in [0.3, 0.4) is 0 Å². The Morgan fingerprint density at radius 3 is 2.43 bits per heavy atom. The van der Waals surface area contributed by atoms with Gasteiger partial charge in [-0.2, -0.15) is 5.10 Å². The normalized spacial score (nSPS) is 10.6. The number of halogens is 1. The number of amides is 1. The van der Waals surface area contributed by atoms with Gasteiger partial charge in [-0.25, -0.2) is 14.6 Å². The average Bonchev–Trinajstić information content (AvgIpc) is 2.74. The molecule has 3 aromatic rings. The highest BCUT2D eigenvalue weighted by atomic mass is 19.1. The van der Waals surface area contributed by atoms with Crippen molar-refractivity contribution in [2.45, 2.75) is 0 Å². The number of carbonyl (C=O) groups is 2. The molecule has 0 radical (unpaired) electrons. The van der Waals surface area contributed by atoms with Crippen molar-refractivity contribution < 1.29 is 18.7 Å². The number of carbonyl (C=O) groups excluding carboxylic acids is 2. The molecule has 30 heavy (non-hydrogen) atoms. The van der Waals surface area contributed by atoms with Gasteiger partial charge in [-0.3, -0.25) is 4.79 Å². The summed E-state index contributed by atoms with van der Waals surface area (Å²) in [5.74, 6) is -1.56. The van der Waals surface area contributed by atoms with Crippen LogP contribution < -0.4 is 15.1 Å². The number of esters is 1. The first kappa shape index (κ1) is 20.7. The molecule has 3 rings (SSSR count). The summed E-state index contributed by atoms with van der Waals surface area (Å²) in [7, 11) is 3.84. The molecule has 0 atom stereocenters. The summed E-state index contributed by atoms with van der Waals surface area (Å²) < 4.78 is 18.9. The number of hydrogen-bond donors (Lipinski definition) is 1. The van der Waals surface area contributed by atoms with E-state index in [0.29, 0.717) is 11.1 Å². The lowest BCUT2D eigenvalue weighted by Gasteiger charge is -2.12. The summed E-state index contributed by atoms with van der Waals surface area (Å²) in [6, 6.07) is 19.2. The number of hydrazone groups is 1. The Kier molecular flexibility index (Phi) is 6.54. The molecule has 0 aromatic heterocycles. The van der Waals surface area contributed by atoms with Crippen LogP contribution >= 0.6 is 0 Å². The third-order valence-corrected chi connectivity index (χ3v) is 4.19. The molecular weight excluding hydrogens is 385 g/mol. The molecule has 6 nitrogen and oxygen atoms in total. The van der Waals surface area contributed by atoms with Crippen molar-refractivity contribution in [1.82, 2.24) is 5.43 Å². The van der Waals surface area contributed by atoms with Crippen molar-refractivity contribution in [3.05, 3.63) is 95.3 Å². The molecule has 3 aromatic carbocycles. The van der Waals surface area contributed by atoms with Crippen LogP contribution in [0.2, 0.25) is 0 Å². The highest BCUT2D eigenvalue weighted by Crippen LogP contribution is 2.16. The summed E-state index contributed by atoms with van der Waals surface area (Å²) >= 11 is 0. The van der Waals surface area contributed by atoms with E-state index < -0.39 is 11.8 Å². The van der Waals surface area contributed by atoms with E-state index in [2.05, 4.69) is 10.5 Å². The van der Waals surface area contributed by atoms with Crippen LogP contribution in [-0.4, -0.2) is 32.2 Å². The van der Waals surface area contributed by atoms with Crippen LogP contribution in [0.4, 0.5) is 10.1 Å². The highest BCUT2D eigenvalue weighted by molar-refractivity contribution is 5.95. The molecule has 0 saturated carbocycles. The summed E-state index contributed by atoms with van der Waals surface area (Å²) in [4.78, 5) is 26.2. The van der Waals surface area contributed by atoms with Crippen LogP contribution in [-0.2, 0) is 0 Å². The van der Waals surface area contributed by atoms with Gasteiger partial charge in [0.15, 0.2) is 0 Å². The van der Waals surface area contributed by atoms with Gasteiger partial charge in [-0.1, -0.05) is 24.3 Å². The largest absolute Gasteiger partial charge is 0.423 e. The van der Waals surface area contributed by atoms with Gasteiger partial charge >= 0.3 is 5.97 Å². The topological polar surface area (TPSA) is 71.0 Å². The lowest BCUT2D eigenvalue weighted by atomic mass is 10.2. The minimum atomic E-state index is -0.795. The molecular formula is C23H20FN3O3. The van der Waals surface area contributed by atoms with E-state index in [4.69, 9.17) is 4.74 Å². The monoisotopic (exact) mass is 405 g/mol. The number of benzene rings is 3. The number of ether oxygens (including phenoxy) is 1. The minimum absolute atomic E-state index is 0.149. The van der Waals surface area contributed by atoms with Crippen LogP contribution in [0.25, 0.3) is 0 Å². The van der Waals surface area contributed by atoms with Crippen molar-refractivity contribution in [1.29, 1.82) is 0 Å². The average molecular weight is 405 g/mol. The van der Waals surface area contributed by atoms with Crippen LogP contribution in [0.15, 0.2) is 77.9 Å². The Hall–Kier alpha value is -4.00. The second kappa shape index (κ2) is 9.47. The van der Waals surface area contributed by atoms with Gasteiger partial charge in [0.1, 0.15) is 11.6 Å². The zero-order valence-electron chi connectivity index (χ0n) is 16.5. The maximum absolute atomic E-state index is 13.7. The predicted molar refractivity (Wildman–Crippen MR) is 114 cm³/mol. The molecule has 0 aliphatic heterocycles. The minimum Gasteiger partial charge on any atom is -0.423 e. The number of nitrogens with zero attached hydrogens (tertiary/aromatic N) is 2. The van der Waals surface area contributed by atoms with Crippen LogP contribution in [0, 0.1) is 5.82 Å². The first-order valence-corrected chi connectivity index (χ1v) is 9.11. The number of anilines is 1. The molecule has 0 saturated heterocycles. The molecule has 0 aliphatic carbocycles. The highest BCUT2D eigenvalue weighted by Gasteiger charge is 2.13. The summed E-state index contributed by atoms with van der Waals surface area (Å²) in [5.41, 5.74) is 4.36. The molecule has 0 heterocycles. The standard InChI is InChI=1S/C23H20FN3O3/c1-27(2)18-12-10-17(11-13-18)22(28)26-25-15-16-6-5-7-19(14-16)30-23(29)20-8-3-4-9-21(20)24/h3-15H,1-2H3,(H,26,28)/b25-15-.